The van der Waals surface area contributed by atoms with Crippen molar-refractivity contribution in [3.8, 4) is 0 Å². The number of halogens is 1. The molecule has 1 N–H and O–H groups in total. The molecule has 2 amide bonds. The molecule has 40 heavy (non-hydrogen) atoms. The molecular weight excluding hydrogens is 582 g/mol. The molecule has 6 atom stereocenters. The van der Waals surface area contributed by atoms with Gasteiger partial charge in [-0.05, 0) is 38.3 Å². The summed E-state index contributed by atoms with van der Waals surface area (Å²) < 4.78 is 13.6. The lowest BCUT2D eigenvalue weighted by Crippen LogP contribution is -2.57. The molecule has 0 aliphatic carbocycles. The van der Waals surface area contributed by atoms with Gasteiger partial charge in [0.2, 0.25) is 11.8 Å². The second-order valence-corrected chi connectivity index (χ2v) is 11.8. The molecule has 3 aliphatic rings. The second-order valence-electron chi connectivity index (χ2n) is 10.7. The lowest BCUT2D eigenvalue weighted by molar-refractivity contribution is -0.155. The molecule has 12 heteroatoms. The van der Waals surface area contributed by atoms with Gasteiger partial charge in [-0.1, -0.05) is 52.2 Å². The van der Waals surface area contributed by atoms with Crippen LogP contribution in [-0.4, -0.2) is 96.6 Å². The minimum Gasteiger partial charge on any atom is -0.466 e. The van der Waals surface area contributed by atoms with Gasteiger partial charge in [0.25, 0.3) is 0 Å². The Hall–Kier alpha value is -2.83. The van der Waals surface area contributed by atoms with Crippen molar-refractivity contribution >= 4 is 44.7 Å². The average molecular weight is 619 g/mol. The summed E-state index contributed by atoms with van der Waals surface area (Å²) in [6.07, 6.45) is 4.49. The van der Waals surface area contributed by atoms with Crippen molar-refractivity contribution in [1.82, 2.24) is 24.8 Å². The number of ether oxygens (including phenoxy) is 2. The van der Waals surface area contributed by atoms with Crippen molar-refractivity contribution in [2.45, 2.75) is 68.3 Å². The molecule has 1 aromatic carbocycles. The Kier molecular flexibility index (Phi) is 8.58. The minimum absolute atomic E-state index is 0.115. The maximum Gasteiger partial charge on any atom is 0.312 e. The third-order valence-corrected chi connectivity index (χ3v) is 9.12. The summed E-state index contributed by atoms with van der Waals surface area (Å²) >= 11 is 3.68. The predicted octanol–water partition coefficient (Wildman–Crippen LogP) is 2.27. The van der Waals surface area contributed by atoms with E-state index in [1.165, 1.54) is 0 Å². The first-order chi connectivity index (χ1) is 19.4. The summed E-state index contributed by atoms with van der Waals surface area (Å²) in [5.41, 5.74) is 0.341. The molecule has 2 bridgehead atoms. The van der Waals surface area contributed by atoms with Gasteiger partial charge >= 0.3 is 5.97 Å². The summed E-state index contributed by atoms with van der Waals surface area (Å²) in [5.74, 6) is -2.58. The fourth-order valence-corrected chi connectivity index (χ4v) is 7.58. The van der Waals surface area contributed by atoms with E-state index in [4.69, 9.17) is 14.6 Å². The number of amides is 2. The van der Waals surface area contributed by atoms with E-state index in [0.717, 1.165) is 18.4 Å². The van der Waals surface area contributed by atoms with Gasteiger partial charge < -0.3 is 24.4 Å². The van der Waals surface area contributed by atoms with Crippen LogP contribution < -0.4 is 0 Å². The van der Waals surface area contributed by atoms with E-state index in [-0.39, 0.29) is 43.1 Å². The highest BCUT2D eigenvalue weighted by atomic mass is 79.9. The second kappa shape index (κ2) is 12.0. The van der Waals surface area contributed by atoms with E-state index in [2.05, 4.69) is 32.8 Å². The van der Waals surface area contributed by atoms with Gasteiger partial charge in [-0.3, -0.25) is 14.4 Å². The number of unbranched alkanes of at least 4 members (excludes halogenated alkanes) is 3. The molecule has 0 radical (unpaired) electrons. The fraction of sp³-hybridized carbons (Fsp3) is 0.607. The number of esters is 1. The molecule has 0 saturated carbocycles. The molecule has 216 valence electrons. The highest BCUT2D eigenvalue weighted by Gasteiger charge is 2.77. The standard InChI is InChI=1S/C28H36BrN5O6/c1-3-13-32(17-34-20-12-8-7-11-19(20)30-31-34)26(37)24-28-16-18(29)23(40-28)21(27(38)39-4-2)22(28)25(36)33(24)14-9-5-6-10-15-35/h3,7-8,11-12,18,21-24,35H,1,4-6,9-10,13-17H2,2H3/t18?,21-,22+,23-,24-,28+/m1/s1. The molecule has 5 rings (SSSR count). The molecule has 3 saturated heterocycles. The van der Waals surface area contributed by atoms with Crippen LogP contribution in [0, 0.1) is 11.8 Å². The first kappa shape index (κ1) is 28.7. The Labute approximate surface area is 241 Å². The number of carbonyl (C=O) groups is 3. The number of nitrogens with zero attached hydrogens (tertiary/aromatic N) is 5. The molecule has 1 spiro atoms. The van der Waals surface area contributed by atoms with E-state index >= 15 is 0 Å². The van der Waals surface area contributed by atoms with Crippen molar-refractivity contribution in [2.75, 3.05) is 26.3 Å². The largest absolute Gasteiger partial charge is 0.466 e. The number of rotatable bonds is 13. The number of likely N-dealkylation sites (tertiary alicyclic amines) is 1. The lowest BCUT2D eigenvalue weighted by Gasteiger charge is -2.37. The van der Waals surface area contributed by atoms with Crippen molar-refractivity contribution < 1.29 is 29.0 Å². The van der Waals surface area contributed by atoms with E-state index in [1.807, 2.05) is 24.3 Å². The Balaban J connectivity index is 1.49. The maximum absolute atomic E-state index is 14.5. The van der Waals surface area contributed by atoms with Crippen LogP contribution in [0.1, 0.15) is 39.0 Å². The molecule has 3 aliphatic heterocycles. The number of alkyl halides is 1. The molecule has 2 aromatic rings. The fourth-order valence-electron chi connectivity index (χ4n) is 6.63. The highest BCUT2D eigenvalue weighted by Crippen LogP contribution is 2.60. The van der Waals surface area contributed by atoms with Crippen molar-refractivity contribution in [1.29, 1.82) is 0 Å². The Morgan fingerprint density at radius 2 is 2.08 bits per heavy atom. The van der Waals surface area contributed by atoms with Crippen LogP contribution in [0.25, 0.3) is 11.0 Å². The zero-order valence-electron chi connectivity index (χ0n) is 22.7. The molecule has 4 heterocycles. The van der Waals surface area contributed by atoms with E-state index < -0.39 is 35.6 Å². The molecule has 3 fully saturated rings. The van der Waals surface area contributed by atoms with Crippen LogP contribution in [0.2, 0.25) is 0 Å². The van der Waals surface area contributed by atoms with E-state index in [1.54, 1.807) is 27.5 Å². The van der Waals surface area contributed by atoms with Crippen molar-refractivity contribution in [3.63, 3.8) is 0 Å². The molecule has 1 aromatic heterocycles. The third-order valence-electron chi connectivity index (χ3n) is 8.28. The van der Waals surface area contributed by atoms with Crippen molar-refractivity contribution in [2.24, 2.45) is 11.8 Å². The summed E-state index contributed by atoms with van der Waals surface area (Å²) in [7, 11) is 0. The zero-order chi connectivity index (χ0) is 28.4. The summed E-state index contributed by atoms with van der Waals surface area (Å²) in [5, 5.41) is 17.6. The number of benzene rings is 1. The topological polar surface area (TPSA) is 127 Å². The first-order valence-electron chi connectivity index (χ1n) is 14.0. The monoisotopic (exact) mass is 617 g/mol. The number of aliphatic hydroxyl groups is 1. The summed E-state index contributed by atoms with van der Waals surface area (Å²) in [4.78, 5) is 44.7. The highest BCUT2D eigenvalue weighted by molar-refractivity contribution is 9.09. The lowest BCUT2D eigenvalue weighted by atomic mass is 9.70. The van der Waals surface area contributed by atoms with Gasteiger partial charge in [0, 0.05) is 24.5 Å². The van der Waals surface area contributed by atoms with Crippen LogP contribution in [0.15, 0.2) is 36.9 Å². The summed E-state index contributed by atoms with van der Waals surface area (Å²) in [6.45, 7) is 6.59. The normalized spacial score (nSPS) is 28.7. The smallest absolute Gasteiger partial charge is 0.312 e. The van der Waals surface area contributed by atoms with Gasteiger partial charge in [0.1, 0.15) is 23.8 Å². The van der Waals surface area contributed by atoms with Crippen LogP contribution in [0.3, 0.4) is 0 Å². The average Bonchev–Trinajstić information content (AvgIpc) is 3.66. The van der Waals surface area contributed by atoms with Gasteiger partial charge in [-0.15, -0.1) is 11.7 Å². The number of hydrogen-bond acceptors (Lipinski definition) is 8. The number of fused-ring (bicyclic) bond motifs is 2. The predicted molar refractivity (Wildman–Crippen MR) is 149 cm³/mol. The van der Waals surface area contributed by atoms with Gasteiger partial charge in [-0.2, -0.15) is 0 Å². The molecule has 1 unspecified atom stereocenters. The van der Waals surface area contributed by atoms with Gasteiger partial charge in [0.15, 0.2) is 0 Å². The number of carbonyl (C=O) groups excluding carboxylic acids is 3. The Morgan fingerprint density at radius 3 is 2.83 bits per heavy atom. The van der Waals surface area contributed by atoms with Crippen molar-refractivity contribution in [3.05, 3.63) is 36.9 Å². The molecule has 11 nitrogen and oxygen atoms in total. The van der Waals surface area contributed by atoms with Crippen LogP contribution in [0.5, 0.6) is 0 Å². The van der Waals surface area contributed by atoms with Crippen LogP contribution in [-0.2, 0) is 30.5 Å². The van der Waals surface area contributed by atoms with Gasteiger partial charge in [0.05, 0.1) is 30.1 Å². The SMILES string of the molecule is C=CCN(Cn1nnc2ccccc21)C(=O)[C@H]1N(CCCCCCO)C(=O)[C@@H]2[C@@H](C(=O)OCC)[C@@H]3O[C@@]21CC3Br. The number of para-hydroxylation sites is 1. The summed E-state index contributed by atoms with van der Waals surface area (Å²) in [6, 6.07) is 6.59. The third kappa shape index (κ3) is 4.83. The minimum atomic E-state index is -1.15. The zero-order valence-corrected chi connectivity index (χ0v) is 24.2. The Morgan fingerprint density at radius 1 is 1.30 bits per heavy atom. The molecular formula is C28H36BrN5O6. The quantitative estimate of drug-likeness (QED) is 0.157. The van der Waals surface area contributed by atoms with E-state index in [0.29, 0.717) is 31.3 Å². The van der Waals surface area contributed by atoms with E-state index in [9.17, 15) is 14.4 Å². The van der Waals surface area contributed by atoms with Gasteiger partial charge in [-0.25, -0.2) is 4.68 Å². The Bertz CT molecular complexity index is 1270. The van der Waals surface area contributed by atoms with Crippen LogP contribution in [0.4, 0.5) is 0 Å². The van der Waals surface area contributed by atoms with Crippen LogP contribution >= 0.6 is 15.9 Å². The number of aromatic nitrogens is 3. The first-order valence-corrected chi connectivity index (χ1v) is 14.9. The maximum atomic E-state index is 14.5. The number of aliphatic hydroxyl groups excluding tert-OH is 1. The number of hydrogen-bond donors (Lipinski definition) is 1.